The van der Waals surface area contributed by atoms with Crippen LogP contribution < -0.4 is 0 Å². The molecule has 0 aromatic carbocycles. The molecule has 8 heteroatoms. The molecule has 1 rings (SSSR count). The Kier molecular flexibility index (Phi) is 24.4. The molecule has 1 aliphatic heterocycles. The quantitative estimate of drug-likeness (QED) is 0.409. The first-order chi connectivity index (χ1) is 11.3. The molecule has 0 unspecified atom stereocenters. The molecule has 0 aromatic heterocycles. The van der Waals surface area contributed by atoms with Gasteiger partial charge in [-0.25, -0.2) is 9.69 Å². The van der Waals surface area contributed by atoms with Crippen LogP contribution in [0, 0.1) is 5.92 Å². The van der Waals surface area contributed by atoms with Gasteiger partial charge in [-0.05, 0) is 60.5 Å². The number of cyclic esters (lactones) is 1. The number of allylic oxidation sites excluding steroid dienone is 1. The molecule has 7 nitrogen and oxygen atoms in total. The first kappa shape index (κ1) is 33.0. The molecule has 0 aliphatic carbocycles. The predicted octanol–water partition coefficient (Wildman–Crippen LogP) is 3.04. The summed E-state index contributed by atoms with van der Waals surface area (Å²) < 4.78 is 4.85. The minimum Gasteiger partial charge on any atom is -0.495 e. The van der Waals surface area contributed by atoms with Gasteiger partial charge >= 0.3 is 6.09 Å². The Labute approximate surface area is 173 Å². The number of amides is 1. The second kappa shape index (κ2) is 19.2. The second-order valence-electron chi connectivity index (χ2n) is 6.69. The van der Waals surface area contributed by atoms with Gasteiger partial charge in [0.2, 0.25) is 0 Å². The number of hydrogen-bond acceptors (Lipinski definition) is 6. The summed E-state index contributed by atoms with van der Waals surface area (Å²) in [4.78, 5) is 12.5. The van der Waals surface area contributed by atoms with E-state index in [2.05, 4.69) is 0 Å². The Balaban J connectivity index is -0.000000155. The van der Waals surface area contributed by atoms with Crippen molar-refractivity contribution in [3.63, 3.8) is 0 Å². The molecule has 0 spiro atoms. The van der Waals surface area contributed by atoms with E-state index in [4.69, 9.17) is 20.1 Å². The van der Waals surface area contributed by atoms with Crippen LogP contribution in [0.5, 0.6) is 0 Å². The van der Waals surface area contributed by atoms with Gasteiger partial charge in [-0.1, -0.05) is 13.8 Å². The Morgan fingerprint density at radius 1 is 1.00 bits per heavy atom. The Bertz CT molecular complexity index is 337. The Morgan fingerprint density at radius 3 is 1.54 bits per heavy atom. The number of aliphatic hydroxyl groups excluding tert-OH is 4. The maximum atomic E-state index is 11.2. The number of carbonyl (C=O) groups excluding carboxylic acids is 1. The maximum absolute atomic E-state index is 11.2. The van der Waals surface area contributed by atoms with Crippen LogP contribution in [0.2, 0.25) is 0 Å². The van der Waals surface area contributed by atoms with Crippen LogP contribution in [0.3, 0.4) is 0 Å². The van der Waals surface area contributed by atoms with Crippen molar-refractivity contribution in [1.29, 1.82) is 0 Å². The molecule has 26 heavy (non-hydrogen) atoms. The molecule has 1 fully saturated rings. The molecular formula is C18H39NO6Ti. The summed E-state index contributed by atoms with van der Waals surface area (Å²) in [6.07, 6.45) is 0.524. The fraction of sp³-hybridized carbons (Fsp3) is 0.833. The van der Waals surface area contributed by atoms with Gasteiger partial charge in [-0.15, -0.1) is 0 Å². The number of carbonyl (C=O) groups is 1. The van der Waals surface area contributed by atoms with Crippen LogP contribution in [0.25, 0.3) is 0 Å². The summed E-state index contributed by atoms with van der Waals surface area (Å²) in [6, 6.07) is -0.0521. The molecule has 1 saturated heterocycles. The van der Waals surface area contributed by atoms with E-state index in [0.29, 0.717) is 6.61 Å². The molecule has 0 bridgehead atoms. The van der Waals surface area contributed by atoms with E-state index in [0.717, 1.165) is 0 Å². The van der Waals surface area contributed by atoms with Gasteiger partial charge in [0, 0.05) is 40.0 Å². The summed E-state index contributed by atoms with van der Waals surface area (Å²) in [5.41, 5.74) is 0. The molecule has 0 saturated carbocycles. The van der Waals surface area contributed by atoms with Gasteiger partial charge in [-0.3, -0.25) is 0 Å². The van der Waals surface area contributed by atoms with Gasteiger partial charge in [0.25, 0.3) is 0 Å². The smallest absolute Gasteiger partial charge is 0.417 e. The van der Waals surface area contributed by atoms with Crippen LogP contribution in [0.15, 0.2) is 12.0 Å². The first-order valence-electron chi connectivity index (χ1n) is 8.63. The average molecular weight is 413 g/mol. The van der Waals surface area contributed by atoms with E-state index in [1.807, 2.05) is 13.8 Å². The van der Waals surface area contributed by atoms with Crippen LogP contribution in [-0.4, -0.2) is 62.4 Å². The van der Waals surface area contributed by atoms with Gasteiger partial charge in [0.15, 0.2) is 5.88 Å². The summed E-state index contributed by atoms with van der Waals surface area (Å²) in [7, 11) is 0. The normalized spacial score (nSPS) is 16.2. The van der Waals surface area contributed by atoms with Crippen LogP contribution in [0.4, 0.5) is 4.79 Å². The molecule has 1 amide bonds. The van der Waals surface area contributed by atoms with E-state index in [1.165, 1.54) is 11.0 Å². The van der Waals surface area contributed by atoms with E-state index < -0.39 is 6.09 Å². The molecule has 1 aliphatic rings. The summed E-state index contributed by atoms with van der Waals surface area (Å²) in [5, 5.41) is 33.6. The first-order valence-corrected chi connectivity index (χ1v) is 8.63. The second-order valence-corrected chi connectivity index (χ2v) is 6.69. The van der Waals surface area contributed by atoms with Crippen molar-refractivity contribution >= 4 is 6.09 Å². The zero-order valence-corrected chi connectivity index (χ0v) is 19.3. The van der Waals surface area contributed by atoms with E-state index >= 15 is 0 Å². The summed E-state index contributed by atoms with van der Waals surface area (Å²) >= 11 is 0. The third-order valence-corrected chi connectivity index (χ3v) is 2.18. The van der Waals surface area contributed by atoms with Crippen molar-refractivity contribution in [1.82, 2.24) is 4.90 Å². The molecule has 1 heterocycles. The van der Waals surface area contributed by atoms with Crippen molar-refractivity contribution in [2.45, 2.75) is 86.7 Å². The van der Waals surface area contributed by atoms with Crippen molar-refractivity contribution in [2.75, 3.05) is 6.61 Å². The van der Waals surface area contributed by atoms with E-state index in [1.54, 1.807) is 48.5 Å². The van der Waals surface area contributed by atoms with Crippen molar-refractivity contribution in [2.24, 2.45) is 5.92 Å². The Hall–Kier alpha value is -0.596. The summed E-state index contributed by atoms with van der Waals surface area (Å²) in [6.45, 7) is 16.3. The SMILES string of the molecule is C/C=C(\O)N1C(=O)OC[C@@H]1C(C)C.CC(C)O.CC(C)O.CC(C)O.[Ti]. The number of nitrogens with zero attached hydrogens (tertiary/aromatic N) is 1. The number of hydrogen-bond donors (Lipinski definition) is 4. The number of aliphatic hydroxyl groups is 4. The van der Waals surface area contributed by atoms with E-state index in [9.17, 15) is 9.90 Å². The zero-order valence-electron chi connectivity index (χ0n) is 17.7. The molecule has 1 atom stereocenters. The molecule has 156 valence electrons. The van der Waals surface area contributed by atoms with Crippen LogP contribution in [-0.2, 0) is 26.5 Å². The minimum atomic E-state index is -0.464. The molecule has 0 radical (unpaired) electrons. The predicted molar refractivity (Wildman–Crippen MR) is 100 cm³/mol. The minimum absolute atomic E-state index is 0. The molecule has 4 N–H and O–H groups in total. The zero-order chi connectivity index (χ0) is 20.7. The molecule has 0 aromatic rings. The molecular weight excluding hydrogens is 374 g/mol. The monoisotopic (exact) mass is 413 g/mol. The van der Waals surface area contributed by atoms with Gasteiger partial charge in [-0.2, -0.15) is 0 Å². The Morgan fingerprint density at radius 2 is 1.31 bits per heavy atom. The number of ether oxygens (including phenoxy) is 1. The van der Waals surface area contributed by atoms with Gasteiger partial charge in [0.1, 0.15) is 6.61 Å². The average Bonchev–Trinajstić information content (AvgIpc) is 2.78. The standard InChI is InChI=1S/C9H15NO3.3C3H8O.Ti/c1-4-8(11)10-7(6(2)3)5-13-9(10)12;3*1-3(2)4;/h4,6-7,11H,5H2,1-3H3;3*3-4H,1-2H3;/b8-4-;;;;/t7-;;;;/m1..../s1. The fourth-order valence-electron chi connectivity index (χ4n) is 1.33. The van der Waals surface area contributed by atoms with Crippen LogP contribution in [0.1, 0.15) is 62.3 Å². The third kappa shape index (κ3) is 23.4. The van der Waals surface area contributed by atoms with Gasteiger partial charge < -0.3 is 25.2 Å². The van der Waals surface area contributed by atoms with Crippen molar-refractivity contribution in [3.05, 3.63) is 12.0 Å². The van der Waals surface area contributed by atoms with E-state index in [-0.39, 0.29) is 57.9 Å². The number of rotatable bonds is 2. The van der Waals surface area contributed by atoms with Crippen LogP contribution >= 0.6 is 0 Å². The third-order valence-electron chi connectivity index (χ3n) is 2.18. The van der Waals surface area contributed by atoms with Crippen molar-refractivity contribution in [3.8, 4) is 0 Å². The van der Waals surface area contributed by atoms with Gasteiger partial charge in [0.05, 0.1) is 6.04 Å². The largest absolute Gasteiger partial charge is 0.495 e. The topological polar surface area (TPSA) is 110 Å². The fourth-order valence-corrected chi connectivity index (χ4v) is 1.33. The summed E-state index contributed by atoms with van der Waals surface area (Å²) in [5.74, 6) is 0.245. The van der Waals surface area contributed by atoms with Crippen molar-refractivity contribution < 1.29 is 51.7 Å². The maximum Gasteiger partial charge on any atom is 0.417 e.